The van der Waals surface area contributed by atoms with Gasteiger partial charge in [0.15, 0.2) is 5.71 Å². The molecule has 2 nitrogen and oxygen atoms in total. The molecule has 0 spiro atoms. The van der Waals surface area contributed by atoms with Crippen molar-refractivity contribution in [2.45, 2.75) is 65.2 Å². The molecule has 4 aromatic rings. The molecule has 0 bridgehead atoms. The minimum atomic E-state index is -0.0759. The van der Waals surface area contributed by atoms with E-state index < -0.39 is 0 Å². The summed E-state index contributed by atoms with van der Waals surface area (Å²) >= 11 is 0. The zero-order chi connectivity index (χ0) is 27.4. The molecule has 0 fully saturated rings. The van der Waals surface area contributed by atoms with E-state index in [1.807, 2.05) is 0 Å². The first-order valence-corrected chi connectivity index (χ1v) is 14.7. The van der Waals surface area contributed by atoms with E-state index in [4.69, 9.17) is 0 Å². The van der Waals surface area contributed by atoms with Crippen LogP contribution in [-0.4, -0.2) is 23.4 Å². The van der Waals surface area contributed by atoms with Gasteiger partial charge < -0.3 is 4.90 Å². The van der Waals surface area contributed by atoms with Gasteiger partial charge in [0, 0.05) is 47.5 Å². The van der Waals surface area contributed by atoms with Gasteiger partial charge in [-0.3, -0.25) is 0 Å². The Balaban J connectivity index is 1.45. The number of fused-ring (bicyclic) bond motifs is 6. The Morgan fingerprint density at radius 2 is 1.38 bits per heavy atom. The zero-order valence-electron chi connectivity index (χ0n) is 24.4. The predicted octanol–water partition coefficient (Wildman–Crippen LogP) is 9.43. The topological polar surface area (TPSA) is 6.25 Å². The highest BCUT2D eigenvalue weighted by atomic mass is 15.2. The quantitative estimate of drug-likeness (QED) is 0.233. The maximum Gasteiger partial charge on any atom is 0.210 e. The van der Waals surface area contributed by atoms with Crippen LogP contribution in [0.25, 0.3) is 21.5 Å². The molecule has 0 unspecified atom stereocenters. The number of hydrogen-bond donors (Lipinski definition) is 0. The first kappa shape index (κ1) is 25.6. The number of rotatable bonds is 6. The van der Waals surface area contributed by atoms with E-state index in [2.05, 4.69) is 142 Å². The number of unbranched alkanes of at least 4 members (excludes halogenated alkanes) is 1. The van der Waals surface area contributed by atoms with Crippen molar-refractivity contribution in [2.75, 3.05) is 18.0 Å². The standard InChI is InChI=1S/C37H41N2/c1-7-9-25-39-31-24-22-27-16-11-13-18-29(27)35(31)37(5,6)33(39)20-14-19-32-36(3,4)34-28-17-12-10-15-26(28)21-23-30(34)38(32)8-2/h10-24H,7-9,25H2,1-6H3/q+1. The van der Waals surface area contributed by atoms with Gasteiger partial charge >= 0.3 is 0 Å². The molecule has 0 saturated carbocycles. The Morgan fingerprint density at radius 1 is 0.744 bits per heavy atom. The molecular weight excluding hydrogens is 472 g/mol. The molecule has 0 aromatic heterocycles. The third-order valence-electron chi connectivity index (χ3n) is 9.07. The summed E-state index contributed by atoms with van der Waals surface area (Å²) in [6.45, 7) is 16.1. The summed E-state index contributed by atoms with van der Waals surface area (Å²) in [5, 5.41) is 5.38. The van der Waals surface area contributed by atoms with Crippen molar-refractivity contribution in [2.24, 2.45) is 0 Å². The van der Waals surface area contributed by atoms with Crippen LogP contribution < -0.4 is 4.90 Å². The Morgan fingerprint density at radius 3 is 2.05 bits per heavy atom. The third-order valence-corrected chi connectivity index (χ3v) is 9.07. The van der Waals surface area contributed by atoms with Crippen LogP contribution >= 0.6 is 0 Å². The first-order valence-electron chi connectivity index (χ1n) is 14.7. The van der Waals surface area contributed by atoms with Crippen LogP contribution in [0.5, 0.6) is 0 Å². The summed E-state index contributed by atoms with van der Waals surface area (Å²) in [6.07, 6.45) is 9.45. The minimum Gasteiger partial charge on any atom is -0.344 e. The number of hydrogen-bond acceptors (Lipinski definition) is 1. The molecule has 4 aromatic carbocycles. The molecule has 6 rings (SSSR count). The van der Waals surface area contributed by atoms with Crippen LogP contribution in [0.4, 0.5) is 11.4 Å². The second kappa shape index (κ2) is 9.52. The molecule has 0 atom stereocenters. The van der Waals surface area contributed by atoms with E-state index in [1.165, 1.54) is 68.3 Å². The summed E-state index contributed by atoms with van der Waals surface area (Å²) < 4.78 is 2.58. The van der Waals surface area contributed by atoms with Crippen molar-refractivity contribution in [1.82, 2.24) is 0 Å². The van der Waals surface area contributed by atoms with E-state index in [0.717, 1.165) is 13.1 Å². The molecule has 2 heterocycles. The molecule has 2 heteroatoms. The highest BCUT2D eigenvalue weighted by molar-refractivity contribution is 6.07. The van der Waals surface area contributed by atoms with Gasteiger partial charge in [0.1, 0.15) is 6.54 Å². The van der Waals surface area contributed by atoms with Gasteiger partial charge in [0.25, 0.3) is 0 Å². The normalized spacial score (nSPS) is 18.6. The van der Waals surface area contributed by atoms with Crippen molar-refractivity contribution in [3.63, 3.8) is 0 Å². The summed E-state index contributed by atoms with van der Waals surface area (Å²) in [4.78, 5) is 2.51. The van der Waals surface area contributed by atoms with Crippen molar-refractivity contribution < 1.29 is 4.58 Å². The highest BCUT2D eigenvalue weighted by Gasteiger charge is 2.45. The van der Waals surface area contributed by atoms with Crippen LogP contribution in [0.15, 0.2) is 96.7 Å². The fourth-order valence-electron chi connectivity index (χ4n) is 7.20. The molecule has 198 valence electrons. The van der Waals surface area contributed by atoms with Gasteiger partial charge in [-0.05, 0) is 66.1 Å². The lowest BCUT2D eigenvalue weighted by Crippen LogP contribution is -2.28. The Hall–Kier alpha value is -3.65. The van der Waals surface area contributed by atoms with Gasteiger partial charge in [0.05, 0.1) is 5.41 Å². The van der Waals surface area contributed by atoms with Crippen LogP contribution in [0.2, 0.25) is 0 Å². The lowest BCUT2D eigenvalue weighted by Gasteiger charge is -2.26. The average molecular weight is 514 g/mol. The van der Waals surface area contributed by atoms with Crippen molar-refractivity contribution >= 4 is 38.6 Å². The van der Waals surface area contributed by atoms with Gasteiger partial charge in [-0.2, -0.15) is 4.58 Å². The largest absolute Gasteiger partial charge is 0.344 e. The van der Waals surface area contributed by atoms with Crippen molar-refractivity contribution in [3.05, 3.63) is 108 Å². The van der Waals surface area contributed by atoms with E-state index in [1.54, 1.807) is 0 Å². The average Bonchev–Trinajstić information content (AvgIpc) is 3.30. The van der Waals surface area contributed by atoms with E-state index in [-0.39, 0.29) is 10.8 Å². The summed E-state index contributed by atoms with van der Waals surface area (Å²) in [5.74, 6) is 0. The lowest BCUT2D eigenvalue weighted by atomic mass is 9.79. The van der Waals surface area contributed by atoms with Crippen LogP contribution in [0, 0.1) is 0 Å². The number of nitrogens with zero attached hydrogens (tertiary/aromatic N) is 2. The second-order valence-corrected chi connectivity index (χ2v) is 12.2. The number of allylic oxidation sites excluding steroid dienone is 4. The van der Waals surface area contributed by atoms with E-state index in [0.29, 0.717) is 0 Å². The molecule has 2 aliphatic rings. The third kappa shape index (κ3) is 3.87. The molecule has 0 N–H and O–H groups in total. The Kier molecular flexibility index (Phi) is 6.25. The van der Waals surface area contributed by atoms with Gasteiger partial charge in [-0.15, -0.1) is 0 Å². The molecule has 0 amide bonds. The Labute approximate surface area is 234 Å². The van der Waals surface area contributed by atoms with Gasteiger partial charge in [-0.1, -0.05) is 87.9 Å². The van der Waals surface area contributed by atoms with Gasteiger partial charge in [-0.25, -0.2) is 0 Å². The summed E-state index contributed by atoms with van der Waals surface area (Å²) in [5.41, 5.74) is 8.22. The number of anilines is 1. The predicted molar refractivity (Wildman–Crippen MR) is 169 cm³/mol. The first-order chi connectivity index (χ1) is 18.8. The minimum absolute atomic E-state index is 0.0756. The van der Waals surface area contributed by atoms with Gasteiger partial charge in [0.2, 0.25) is 5.69 Å². The molecule has 0 aliphatic carbocycles. The summed E-state index contributed by atoms with van der Waals surface area (Å²) in [6, 6.07) is 26.9. The highest BCUT2D eigenvalue weighted by Crippen LogP contribution is 2.50. The van der Waals surface area contributed by atoms with E-state index in [9.17, 15) is 0 Å². The second-order valence-electron chi connectivity index (χ2n) is 12.2. The maximum atomic E-state index is 2.58. The molecule has 0 saturated heterocycles. The molecular formula is C37H41N2+. The molecule has 2 aliphatic heterocycles. The maximum absolute atomic E-state index is 2.58. The van der Waals surface area contributed by atoms with Crippen molar-refractivity contribution in [1.29, 1.82) is 0 Å². The van der Waals surface area contributed by atoms with Crippen LogP contribution in [-0.2, 0) is 10.8 Å². The van der Waals surface area contributed by atoms with E-state index >= 15 is 0 Å². The monoisotopic (exact) mass is 513 g/mol. The molecule has 39 heavy (non-hydrogen) atoms. The lowest BCUT2D eigenvalue weighted by molar-refractivity contribution is -0.438. The van der Waals surface area contributed by atoms with Crippen molar-refractivity contribution in [3.8, 4) is 0 Å². The smallest absolute Gasteiger partial charge is 0.210 e. The zero-order valence-corrected chi connectivity index (χ0v) is 24.4. The fourth-order valence-corrected chi connectivity index (χ4v) is 7.20. The van der Waals surface area contributed by atoms with Crippen LogP contribution in [0.3, 0.4) is 0 Å². The van der Waals surface area contributed by atoms with Crippen LogP contribution in [0.1, 0.15) is 65.5 Å². The number of likely N-dealkylation sites (N-methyl/N-ethyl adjacent to an activating group) is 1. The fraction of sp³-hybridized carbons (Fsp3) is 0.324. The summed E-state index contributed by atoms with van der Waals surface area (Å²) in [7, 11) is 0. The Bertz CT molecular complexity index is 1680. The molecule has 0 radical (unpaired) electrons. The SMILES string of the molecule is CCCC[N+]1=C(C=CC=C2N(CC)c3ccc4ccccc4c3C2(C)C)C(C)(C)c2c1ccc1ccccc21. The number of benzene rings is 4.